The number of carboxylic acids is 4. The van der Waals surface area contributed by atoms with Gasteiger partial charge in [0.05, 0.1) is 12.0 Å². The Hall–Kier alpha value is -3.21. The number of hydrogen-bond acceptors (Lipinski definition) is 10. The van der Waals surface area contributed by atoms with Gasteiger partial charge in [-0.2, -0.15) is 11.8 Å². The van der Waals surface area contributed by atoms with Crippen LogP contribution in [0.15, 0.2) is 12.5 Å². The Morgan fingerprint density at radius 2 is 1.50 bits per heavy atom. The van der Waals surface area contributed by atoms with Crippen molar-refractivity contribution in [2.75, 3.05) is 12.0 Å². The lowest BCUT2D eigenvalue weighted by Gasteiger charge is -2.08. The van der Waals surface area contributed by atoms with E-state index >= 15 is 0 Å². The van der Waals surface area contributed by atoms with Crippen molar-refractivity contribution in [3.05, 3.63) is 18.2 Å². The number of carbonyl (C=O) groups is 5. The second-order valence-corrected chi connectivity index (χ2v) is 7.41. The molecule has 0 fully saturated rings. The number of aliphatic carboxylic acids is 4. The minimum Gasteiger partial charge on any atom is -0.480 e. The zero-order valence-electron chi connectivity index (χ0n) is 19.1. The number of nitrogens with two attached hydrogens (primary N) is 3. The Bertz CT molecular complexity index is 699. The Morgan fingerprint density at radius 1 is 1.03 bits per heavy atom. The van der Waals surface area contributed by atoms with Crippen LogP contribution < -0.4 is 22.5 Å². The summed E-state index contributed by atoms with van der Waals surface area (Å²) in [6, 6.07) is -3.06. The number of H-pyrrole nitrogens is 1. The highest BCUT2D eigenvalue weighted by atomic mass is 32.2. The number of amides is 1. The summed E-state index contributed by atoms with van der Waals surface area (Å²) in [6.07, 6.45) is 6.15. The molecule has 196 valence electrons. The number of hydrogen-bond donors (Lipinski definition) is 9. The van der Waals surface area contributed by atoms with Crippen molar-refractivity contribution in [1.82, 2.24) is 15.3 Å². The van der Waals surface area contributed by atoms with Gasteiger partial charge in [0.15, 0.2) is 0 Å². The summed E-state index contributed by atoms with van der Waals surface area (Å²) < 4.78 is 0. The number of nitrogens with zero attached hydrogens (tertiary/aromatic N) is 1. The van der Waals surface area contributed by atoms with Crippen LogP contribution in [0.5, 0.6) is 0 Å². The quantitative estimate of drug-likeness (QED) is 0.148. The second-order valence-electron chi connectivity index (χ2n) is 6.42. The zero-order chi connectivity index (χ0) is 27.3. The first-order chi connectivity index (χ1) is 15.7. The molecule has 16 heteroatoms. The van der Waals surface area contributed by atoms with E-state index in [1.165, 1.54) is 20.2 Å². The first-order valence-electron chi connectivity index (χ1n) is 9.55. The lowest BCUT2D eigenvalue weighted by molar-refractivity contribution is -0.140. The van der Waals surface area contributed by atoms with E-state index in [9.17, 15) is 24.0 Å². The number of imidazole rings is 1. The van der Waals surface area contributed by atoms with Crippen LogP contribution in [0.3, 0.4) is 0 Å². The number of rotatable bonds is 11. The van der Waals surface area contributed by atoms with Crippen molar-refractivity contribution in [3.63, 3.8) is 0 Å². The second kappa shape index (κ2) is 21.6. The van der Waals surface area contributed by atoms with Gasteiger partial charge in [0, 0.05) is 12.6 Å². The van der Waals surface area contributed by atoms with Crippen LogP contribution in [-0.4, -0.2) is 96.9 Å². The highest BCUT2D eigenvalue weighted by molar-refractivity contribution is 7.98. The van der Waals surface area contributed by atoms with Crippen LogP contribution in [0.4, 0.5) is 0 Å². The topological polar surface area (TPSA) is 285 Å². The third-order valence-corrected chi connectivity index (χ3v) is 3.90. The van der Waals surface area contributed by atoms with Gasteiger partial charge in [-0.1, -0.05) is 0 Å². The maximum Gasteiger partial charge on any atom is 0.326 e. The first-order valence-corrected chi connectivity index (χ1v) is 10.9. The lowest BCUT2D eigenvalue weighted by Crippen LogP contribution is -2.36. The molecular formula is C18H34N6O9S. The molecular weight excluding hydrogens is 476 g/mol. The number of aromatic amines is 1. The predicted molar refractivity (Wildman–Crippen MR) is 124 cm³/mol. The van der Waals surface area contributed by atoms with Crippen LogP contribution in [-0.2, 0) is 30.4 Å². The van der Waals surface area contributed by atoms with Crippen LogP contribution in [0.25, 0.3) is 0 Å². The normalized spacial score (nSPS) is 12.9. The standard InChI is InChI=1S/C6H9N3O2.C6H11NO3S.2C3H7NO2/c7-5(6(10)11)1-4-2-8-3-9-4;1-11-3-2-5(6(9)10)7-4-8;2*1-2(4)3(5)6/h2-3,5H,1,7H2,(H,8,9)(H,10,11);4-5H,2-3H2,1H3,(H,7,8)(H,9,10);2*2H,4H2,1H3,(H,5,6)/t2*5-;2*2-/m0000/s1. The average molecular weight is 511 g/mol. The Kier molecular flexibility index (Phi) is 22.5. The van der Waals surface area contributed by atoms with Crippen molar-refractivity contribution in [3.8, 4) is 0 Å². The molecule has 12 N–H and O–H groups in total. The van der Waals surface area contributed by atoms with E-state index in [0.29, 0.717) is 18.5 Å². The average Bonchev–Trinajstić information content (AvgIpc) is 3.25. The van der Waals surface area contributed by atoms with E-state index in [4.69, 9.17) is 37.6 Å². The molecule has 15 nitrogen and oxygen atoms in total. The number of nitrogens with one attached hydrogen (secondary N) is 2. The fourth-order valence-electron chi connectivity index (χ4n) is 1.31. The molecule has 1 heterocycles. The Morgan fingerprint density at radius 3 is 1.76 bits per heavy atom. The van der Waals surface area contributed by atoms with Crippen molar-refractivity contribution in [2.24, 2.45) is 17.2 Å². The molecule has 0 radical (unpaired) electrons. The SMILES string of the molecule is CSCC[C@H](NC=O)C(=O)O.C[C@H](N)C(=O)O.C[C@H](N)C(=O)O.N[C@@H](Cc1c[nH]cn1)C(=O)O. The van der Waals surface area contributed by atoms with Gasteiger partial charge in [0.1, 0.15) is 24.2 Å². The summed E-state index contributed by atoms with van der Waals surface area (Å²) in [4.78, 5) is 56.2. The summed E-state index contributed by atoms with van der Waals surface area (Å²) in [7, 11) is 0. The van der Waals surface area contributed by atoms with E-state index in [1.807, 2.05) is 6.26 Å². The number of aromatic nitrogens is 2. The molecule has 0 unspecified atom stereocenters. The monoisotopic (exact) mass is 510 g/mol. The Balaban J connectivity index is -0.000000394. The molecule has 34 heavy (non-hydrogen) atoms. The molecule has 0 saturated carbocycles. The molecule has 0 spiro atoms. The van der Waals surface area contributed by atoms with E-state index in [2.05, 4.69) is 15.3 Å². The summed E-state index contributed by atoms with van der Waals surface area (Å²) in [6.45, 7) is 2.84. The molecule has 0 aliphatic rings. The van der Waals surface area contributed by atoms with Crippen molar-refractivity contribution >= 4 is 42.0 Å². The lowest BCUT2D eigenvalue weighted by atomic mass is 10.2. The molecule has 4 atom stereocenters. The molecule has 1 amide bonds. The van der Waals surface area contributed by atoms with Gasteiger partial charge in [-0.15, -0.1) is 0 Å². The van der Waals surface area contributed by atoms with Crippen LogP contribution in [0, 0.1) is 0 Å². The zero-order valence-corrected chi connectivity index (χ0v) is 19.9. The van der Waals surface area contributed by atoms with Gasteiger partial charge in [0.2, 0.25) is 6.41 Å². The largest absolute Gasteiger partial charge is 0.480 e. The van der Waals surface area contributed by atoms with E-state index in [-0.39, 0.29) is 6.42 Å². The molecule has 0 aliphatic carbocycles. The van der Waals surface area contributed by atoms with Gasteiger partial charge < -0.3 is 47.9 Å². The minimum absolute atomic E-state index is 0.263. The van der Waals surface area contributed by atoms with Gasteiger partial charge in [-0.3, -0.25) is 19.2 Å². The van der Waals surface area contributed by atoms with Crippen LogP contribution in [0.2, 0.25) is 0 Å². The van der Waals surface area contributed by atoms with E-state index in [1.54, 1.807) is 18.0 Å². The number of thioether (sulfide) groups is 1. The van der Waals surface area contributed by atoms with Crippen LogP contribution in [0.1, 0.15) is 26.0 Å². The van der Waals surface area contributed by atoms with Crippen molar-refractivity contribution in [1.29, 1.82) is 0 Å². The van der Waals surface area contributed by atoms with Gasteiger partial charge in [-0.25, -0.2) is 9.78 Å². The molecule has 1 aromatic heterocycles. The number of carbonyl (C=O) groups excluding carboxylic acids is 1. The number of carboxylic acid groups (broad SMARTS) is 4. The smallest absolute Gasteiger partial charge is 0.326 e. The van der Waals surface area contributed by atoms with Gasteiger partial charge in [0.25, 0.3) is 0 Å². The van der Waals surface area contributed by atoms with E-state index in [0.717, 1.165) is 5.75 Å². The van der Waals surface area contributed by atoms with Crippen molar-refractivity contribution in [2.45, 2.75) is 50.9 Å². The predicted octanol–water partition coefficient (Wildman–Crippen LogP) is -1.86. The fraction of sp³-hybridized carbons (Fsp3) is 0.556. The third kappa shape index (κ3) is 23.5. The molecule has 0 bridgehead atoms. The third-order valence-electron chi connectivity index (χ3n) is 3.26. The highest BCUT2D eigenvalue weighted by Crippen LogP contribution is 1.99. The molecule has 0 aromatic carbocycles. The fourth-order valence-corrected chi connectivity index (χ4v) is 1.78. The van der Waals surface area contributed by atoms with Gasteiger partial charge >= 0.3 is 23.9 Å². The maximum absolute atomic E-state index is 10.4. The maximum atomic E-state index is 10.4. The molecule has 0 aliphatic heterocycles. The van der Waals surface area contributed by atoms with E-state index < -0.39 is 48.0 Å². The Labute approximate surface area is 200 Å². The summed E-state index contributed by atoms with van der Waals surface area (Å²) in [5.41, 5.74) is 15.6. The summed E-state index contributed by atoms with van der Waals surface area (Å²) >= 11 is 1.55. The van der Waals surface area contributed by atoms with Crippen LogP contribution >= 0.6 is 11.8 Å². The molecule has 1 rings (SSSR count). The summed E-state index contributed by atoms with van der Waals surface area (Å²) in [5, 5.41) is 34.9. The first kappa shape index (κ1) is 35.4. The highest BCUT2D eigenvalue weighted by Gasteiger charge is 2.14. The molecule has 0 saturated heterocycles. The minimum atomic E-state index is -1.01. The molecule has 1 aromatic rings. The van der Waals surface area contributed by atoms with Crippen molar-refractivity contribution < 1.29 is 44.4 Å². The summed E-state index contributed by atoms with van der Waals surface area (Å²) in [5.74, 6) is -3.18. The van der Waals surface area contributed by atoms with Gasteiger partial charge in [-0.05, 0) is 32.3 Å².